The third kappa shape index (κ3) is 4.68. The highest BCUT2D eigenvalue weighted by atomic mass is 16.5. The van der Waals surface area contributed by atoms with E-state index < -0.39 is 6.10 Å². The highest BCUT2D eigenvalue weighted by Crippen LogP contribution is 2.15. The van der Waals surface area contributed by atoms with Crippen molar-refractivity contribution in [3.05, 3.63) is 29.8 Å². The number of hydrogen-bond acceptors (Lipinski definition) is 3. The molecule has 0 spiro atoms. The van der Waals surface area contributed by atoms with E-state index in [-0.39, 0.29) is 11.7 Å². The van der Waals surface area contributed by atoms with Gasteiger partial charge >= 0.3 is 0 Å². The molecule has 1 unspecified atom stereocenters. The number of carbonyl (C=O) groups is 2. The largest absolute Gasteiger partial charge is 0.481 e. The van der Waals surface area contributed by atoms with Crippen LogP contribution in [0.2, 0.25) is 0 Å². The minimum absolute atomic E-state index is 0.0113. The van der Waals surface area contributed by atoms with Gasteiger partial charge in [0.2, 0.25) is 0 Å². The molecule has 0 aliphatic carbocycles. The van der Waals surface area contributed by atoms with Gasteiger partial charge in [0, 0.05) is 19.5 Å². The van der Waals surface area contributed by atoms with Crippen molar-refractivity contribution in [2.75, 3.05) is 13.1 Å². The molecule has 1 aromatic rings. The van der Waals surface area contributed by atoms with Gasteiger partial charge in [0.25, 0.3) is 5.91 Å². The Balaban J connectivity index is 2.64. The highest BCUT2D eigenvalue weighted by molar-refractivity contribution is 5.81. The number of benzene rings is 1. The van der Waals surface area contributed by atoms with Gasteiger partial charge in [-0.15, -0.1) is 0 Å². The number of Topliss-reactive ketones (excluding diaryl/α,β-unsaturated/α-hetero) is 1. The number of likely N-dealkylation sites (N-methyl/N-ethyl adjacent to an activating group) is 1. The number of hydrogen-bond donors (Lipinski definition) is 0. The number of carbonyl (C=O) groups excluding carboxylic acids is 2. The molecule has 1 atom stereocenters. The van der Waals surface area contributed by atoms with E-state index in [2.05, 4.69) is 0 Å². The first kappa shape index (κ1) is 16.2. The molecule has 0 heterocycles. The van der Waals surface area contributed by atoms with Gasteiger partial charge in [-0.05, 0) is 45.4 Å². The van der Waals surface area contributed by atoms with Gasteiger partial charge in [-0.3, -0.25) is 9.59 Å². The van der Waals surface area contributed by atoms with Crippen molar-refractivity contribution in [1.82, 2.24) is 4.90 Å². The topological polar surface area (TPSA) is 46.6 Å². The first-order chi connectivity index (χ1) is 9.47. The Hall–Kier alpha value is -1.84. The zero-order chi connectivity index (χ0) is 15.1. The Morgan fingerprint density at radius 2 is 1.70 bits per heavy atom. The lowest BCUT2D eigenvalue weighted by atomic mass is 10.1. The maximum absolute atomic E-state index is 12.1. The molecule has 0 aromatic heterocycles. The van der Waals surface area contributed by atoms with Crippen LogP contribution in [-0.2, 0) is 16.0 Å². The van der Waals surface area contributed by atoms with Gasteiger partial charge in [-0.1, -0.05) is 12.1 Å². The second-order valence-corrected chi connectivity index (χ2v) is 4.79. The van der Waals surface area contributed by atoms with E-state index in [1.807, 2.05) is 26.0 Å². The maximum atomic E-state index is 12.1. The first-order valence-corrected chi connectivity index (χ1v) is 7.01. The van der Waals surface area contributed by atoms with Crippen molar-refractivity contribution < 1.29 is 14.3 Å². The zero-order valence-corrected chi connectivity index (χ0v) is 12.7. The summed E-state index contributed by atoms with van der Waals surface area (Å²) in [4.78, 5) is 24.8. The Labute approximate surface area is 120 Å². The Bertz CT molecular complexity index is 449. The van der Waals surface area contributed by atoms with Gasteiger partial charge in [0.05, 0.1) is 0 Å². The molecular weight excluding hydrogens is 254 g/mol. The van der Waals surface area contributed by atoms with Crippen LogP contribution in [0.1, 0.15) is 33.3 Å². The Morgan fingerprint density at radius 3 is 2.15 bits per heavy atom. The average molecular weight is 277 g/mol. The maximum Gasteiger partial charge on any atom is 0.263 e. The summed E-state index contributed by atoms with van der Waals surface area (Å²) in [5.41, 5.74) is 0.951. The molecule has 0 aliphatic heterocycles. The van der Waals surface area contributed by atoms with Crippen molar-refractivity contribution in [2.24, 2.45) is 0 Å². The third-order valence-electron chi connectivity index (χ3n) is 3.11. The molecule has 0 bridgehead atoms. The SMILES string of the molecule is CCN(CC)C(=O)C(C)Oc1ccc(CC(C)=O)cc1. The van der Waals surface area contributed by atoms with Gasteiger partial charge in [-0.25, -0.2) is 0 Å². The zero-order valence-electron chi connectivity index (χ0n) is 12.7. The van der Waals surface area contributed by atoms with Gasteiger partial charge in [0.1, 0.15) is 11.5 Å². The monoisotopic (exact) mass is 277 g/mol. The normalized spacial score (nSPS) is 11.8. The van der Waals surface area contributed by atoms with Crippen LogP contribution in [0.4, 0.5) is 0 Å². The molecule has 4 nitrogen and oxygen atoms in total. The van der Waals surface area contributed by atoms with Crippen LogP contribution in [0.15, 0.2) is 24.3 Å². The summed E-state index contributed by atoms with van der Waals surface area (Å²) in [7, 11) is 0. The molecular formula is C16H23NO3. The predicted molar refractivity (Wildman–Crippen MR) is 78.8 cm³/mol. The minimum atomic E-state index is -0.506. The molecule has 0 saturated carbocycles. The van der Waals surface area contributed by atoms with Gasteiger partial charge in [-0.2, -0.15) is 0 Å². The average Bonchev–Trinajstić information content (AvgIpc) is 2.41. The molecule has 110 valence electrons. The van der Waals surface area contributed by atoms with Crippen molar-refractivity contribution in [3.8, 4) is 5.75 Å². The molecule has 4 heteroatoms. The lowest BCUT2D eigenvalue weighted by Crippen LogP contribution is -2.40. The van der Waals surface area contributed by atoms with E-state index in [9.17, 15) is 9.59 Å². The fourth-order valence-corrected chi connectivity index (χ4v) is 2.02. The van der Waals surface area contributed by atoms with Gasteiger partial charge < -0.3 is 9.64 Å². The summed E-state index contributed by atoms with van der Waals surface area (Å²) >= 11 is 0. The third-order valence-corrected chi connectivity index (χ3v) is 3.11. The summed E-state index contributed by atoms with van der Waals surface area (Å²) in [6.45, 7) is 8.58. The smallest absolute Gasteiger partial charge is 0.263 e. The molecule has 0 radical (unpaired) electrons. The highest BCUT2D eigenvalue weighted by Gasteiger charge is 2.19. The number of ether oxygens (including phenoxy) is 1. The first-order valence-electron chi connectivity index (χ1n) is 7.01. The molecule has 1 amide bonds. The number of amides is 1. The Kier molecular flexibility index (Phi) is 6.22. The van der Waals surface area contributed by atoms with Crippen molar-refractivity contribution in [3.63, 3.8) is 0 Å². The van der Waals surface area contributed by atoms with Crippen molar-refractivity contribution in [2.45, 2.75) is 40.2 Å². The summed E-state index contributed by atoms with van der Waals surface area (Å²) in [5.74, 6) is 0.761. The molecule has 0 N–H and O–H groups in total. The second kappa shape index (κ2) is 7.68. The number of rotatable bonds is 7. The second-order valence-electron chi connectivity index (χ2n) is 4.79. The van der Waals surface area contributed by atoms with Gasteiger partial charge in [0.15, 0.2) is 6.10 Å². The summed E-state index contributed by atoms with van der Waals surface area (Å²) < 4.78 is 5.64. The molecule has 0 saturated heterocycles. The molecule has 1 aromatic carbocycles. The number of ketones is 1. The van der Waals surface area contributed by atoms with E-state index in [0.29, 0.717) is 25.3 Å². The van der Waals surface area contributed by atoms with E-state index >= 15 is 0 Å². The van der Waals surface area contributed by atoms with Crippen molar-refractivity contribution >= 4 is 11.7 Å². The summed E-state index contributed by atoms with van der Waals surface area (Å²) in [6, 6.07) is 7.30. The van der Waals surface area contributed by atoms with Crippen LogP contribution in [-0.4, -0.2) is 35.8 Å². The van der Waals surface area contributed by atoms with Crippen LogP contribution in [0.5, 0.6) is 5.75 Å². The summed E-state index contributed by atoms with van der Waals surface area (Å²) in [5, 5.41) is 0. The standard InChI is InChI=1S/C16H23NO3/c1-5-17(6-2)16(19)13(4)20-15-9-7-14(8-10-15)11-12(3)18/h7-10,13H,5-6,11H2,1-4H3. The predicted octanol–water partition coefficient (Wildman–Crippen LogP) is 2.45. The minimum Gasteiger partial charge on any atom is -0.481 e. The van der Waals surface area contributed by atoms with Crippen LogP contribution in [0.3, 0.4) is 0 Å². The van der Waals surface area contributed by atoms with E-state index in [1.165, 1.54) is 0 Å². The fourth-order valence-electron chi connectivity index (χ4n) is 2.02. The fraction of sp³-hybridized carbons (Fsp3) is 0.500. The molecule has 20 heavy (non-hydrogen) atoms. The van der Waals surface area contributed by atoms with E-state index in [0.717, 1.165) is 5.56 Å². The summed E-state index contributed by atoms with van der Waals surface area (Å²) in [6.07, 6.45) is -0.0812. The van der Waals surface area contributed by atoms with Crippen LogP contribution < -0.4 is 4.74 Å². The lowest BCUT2D eigenvalue weighted by molar-refractivity contribution is -0.137. The van der Waals surface area contributed by atoms with Crippen LogP contribution in [0.25, 0.3) is 0 Å². The quantitative estimate of drug-likeness (QED) is 0.769. The van der Waals surface area contributed by atoms with E-state index in [1.54, 1.807) is 30.9 Å². The Morgan fingerprint density at radius 1 is 1.15 bits per heavy atom. The van der Waals surface area contributed by atoms with Crippen LogP contribution in [0, 0.1) is 0 Å². The van der Waals surface area contributed by atoms with Crippen LogP contribution >= 0.6 is 0 Å². The van der Waals surface area contributed by atoms with Crippen molar-refractivity contribution in [1.29, 1.82) is 0 Å². The lowest BCUT2D eigenvalue weighted by Gasteiger charge is -2.23. The molecule has 0 fully saturated rings. The molecule has 0 aliphatic rings. The molecule has 1 rings (SSSR count). The number of nitrogens with zero attached hydrogens (tertiary/aromatic N) is 1. The van der Waals surface area contributed by atoms with E-state index in [4.69, 9.17) is 4.74 Å².